The zero-order valence-electron chi connectivity index (χ0n) is 11.2. The molecule has 5 heteroatoms. The maximum Gasteiger partial charge on any atom is 0.246 e. The van der Waals surface area contributed by atoms with Gasteiger partial charge in [0.2, 0.25) is 5.91 Å². The van der Waals surface area contributed by atoms with E-state index in [9.17, 15) is 4.79 Å². The van der Waals surface area contributed by atoms with Crippen molar-refractivity contribution in [1.82, 2.24) is 5.32 Å². The Labute approximate surface area is 113 Å². The van der Waals surface area contributed by atoms with Crippen molar-refractivity contribution in [3.8, 4) is 0 Å². The molecule has 0 saturated carbocycles. The standard InChI is InChI=1S/C12H24BrNO3/c1-12(2,3)10(5-6-13)14-11(15)9-17-8-7-16-4/h10H,5-9H2,1-4H3,(H,14,15). The third-order valence-electron chi connectivity index (χ3n) is 2.44. The highest BCUT2D eigenvalue weighted by atomic mass is 79.9. The quantitative estimate of drug-likeness (QED) is 0.551. The van der Waals surface area contributed by atoms with Gasteiger partial charge in [-0.1, -0.05) is 36.7 Å². The first-order valence-corrected chi connectivity index (χ1v) is 6.96. The van der Waals surface area contributed by atoms with Crippen molar-refractivity contribution >= 4 is 21.8 Å². The smallest absolute Gasteiger partial charge is 0.246 e. The second kappa shape index (κ2) is 8.89. The zero-order valence-corrected chi connectivity index (χ0v) is 12.8. The van der Waals surface area contributed by atoms with Crippen molar-refractivity contribution in [3.05, 3.63) is 0 Å². The molecule has 0 aliphatic heterocycles. The first-order valence-electron chi connectivity index (χ1n) is 5.83. The Kier molecular flexibility index (Phi) is 8.82. The van der Waals surface area contributed by atoms with E-state index in [-0.39, 0.29) is 24.0 Å². The summed E-state index contributed by atoms with van der Waals surface area (Å²) in [6.07, 6.45) is 0.910. The number of ether oxygens (including phenoxy) is 2. The van der Waals surface area contributed by atoms with Gasteiger partial charge in [-0.2, -0.15) is 0 Å². The van der Waals surface area contributed by atoms with Crippen molar-refractivity contribution in [2.45, 2.75) is 33.2 Å². The summed E-state index contributed by atoms with van der Waals surface area (Å²) in [6.45, 7) is 7.41. The van der Waals surface area contributed by atoms with Gasteiger partial charge in [-0.3, -0.25) is 4.79 Å². The van der Waals surface area contributed by atoms with Crippen LogP contribution in [0.4, 0.5) is 0 Å². The molecular formula is C12H24BrNO3. The second-order valence-electron chi connectivity index (χ2n) is 5.01. The molecule has 0 aromatic heterocycles. The van der Waals surface area contributed by atoms with Crippen LogP contribution in [0.25, 0.3) is 0 Å². The van der Waals surface area contributed by atoms with Gasteiger partial charge < -0.3 is 14.8 Å². The van der Waals surface area contributed by atoms with Crippen LogP contribution in [0, 0.1) is 5.41 Å². The van der Waals surface area contributed by atoms with E-state index in [1.54, 1.807) is 7.11 Å². The molecule has 4 nitrogen and oxygen atoms in total. The lowest BCUT2D eigenvalue weighted by Gasteiger charge is -2.31. The van der Waals surface area contributed by atoms with E-state index in [1.165, 1.54) is 0 Å². The number of hydrogen-bond acceptors (Lipinski definition) is 3. The first-order chi connectivity index (χ1) is 7.91. The highest BCUT2D eigenvalue weighted by molar-refractivity contribution is 9.09. The highest BCUT2D eigenvalue weighted by Crippen LogP contribution is 2.22. The van der Waals surface area contributed by atoms with Crippen molar-refractivity contribution in [1.29, 1.82) is 0 Å². The van der Waals surface area contributed by atoms with E-state index >= 15 is 0 Å². The topological polar surface area (TPSA) is 47.6 Å². The van der Waals surface area contributed by atoms with Crippen molar-refractivity contribution in [3.63, 3.8) is 0 Å². The van der Waals surface area contributed by atoms with E-state index in [1.807, 2.05) is 0 Å². The number of carbonyl (C=O) groups excluding carboxylic acids is 1. The number of nitrogens with one attached hydrogen (secondary N) is 1. The largest absolute Gasteiger partial charge is 0.382 e. The molecule has 1 atom stereocenters. The summed E-state index contributed by atoms with van der Waals surface area (Å²) >= 11 is 3.41. The van der Waals surface area contributed by atoms with Crippen LogP contribution in [-0.4, -0.2) is 44.2 Å². The summed E-state index contributed by atoms with van der Waals surface area (Å²) in [5, 5.41) is 3.87. The summed E-state index contributed by atoms with van der Waals surface area (Å²) < 4.78 is 10.0. The summed E-state index contributed by atoms with van der Waals surface area (Å²) in [4.78, 5) is 11.6. The van der Waals surface area contributed by atoms with Crippen molar-refractivity contribution in [2.24, 2.45) is 5.41 Å². The van der Waals surface area contributed by atoms with Gasteiger partial charge in [0.1, 0.15) is 6.61 Å². The van der Waals surface area contributed by atoms with Crippen LogP contribution in [0.2, 0.25) is 0 Å². The number of amides is 1. The molecule has 0 rings (SSSR count). The molecular weight excluding hydrogens is 286 g/mol. The average molecular weight is 310 g/mol. The van der Waals surface area contributed by atoms with Crippen LogP contribution in [0.1, 0.15) is 27.2 Å². The predicted octanol–water partition coefficient (Wildman–Crippen LogP) is 1.97. The van der Waals surface area contributed by atoms with Gasteiger partial charge in [0.25, 0.3) is 0 Å². The van der Waals surface area contributed by atoms with Gasteiger partial charge in [0, 0.05) is 18.5 Å². The number of alkyl halides is 1. The van der Waals surface area contributed by atoms with Gasteiger partial charge >= 0.3 is 0 Å². The molecule has 0 bridgehead atoms. The maximum absolute atomic E-state index is 11.6. The van der Waals surface area contributed by atoms with Gasteiger partial charge in [0.15, 0.2) is 0 Å². The first kappa shape index (κ1) is 16.9. The Morgan fingerprint density at radius 1 is 1.35 bits per heavy atom. The Morgan fingerprint density at radius 2 is 2.00 bits per heavy atom. The van der Waals surface area contributed by atoms with Crippen LogP contribution < -0.4 is 5.32 Å². The minimum atomic E-state index is -0.0676. The monoisotopic (exact) mass is 309 g/mol. The van der Waals surface area contributed by atoms with E-state index in [4.69, 9.17) is 9.47 Å². The molecule has 0 radical (unpaired) electrons. The Morgan fingerprint density at radius 3 is 2.47 bits per heavy atom. The lowest BCUT2D eigenvalue weighted by atomic mass is 9.85. The van der Waals surface area contributed by atoms with Gasteiger partial charge in [-0.25, -0.2) is 0 Å². The van der Waals surface area contributed by atoms with Gasteiger partial charge in [-0.15, -0.1) is 0 Å². The third-order valence-corrected chi connectivity index (χ3v) is 2.90. The molecule has 1 N–H and O–H groups in total. The number of hydrogen-bond donors (Lipinski definition) is 1. The Balaban J connectivity index is 3.96. The molecule has 0 aliphatic rings. The van der Waals surface area contributed by atoms with E-state index in [0.29, 0.717) is 13.2 Å². The van der Waals surface area contributed by atoms with Crippen LogP contribution in [-0.2, 0) is 14.3 Å². The van der Waals surface area contributed by atoms with Crippen LogP contribution >= 0.6 is 15.9 Å². The zero-order chi connectivity index (χ0) is 13.3. The Bertz CT molecular complexity index is 216. The van der Waals surface area contributed by atoms with Crippen molar-refractivity contribution in [2.75, 3.05) is 32.3 Å². The molecule has 0 heterocycles. The second-order valence-corrected chi connectivity index (χ2v) is 5.80. The fraction of sp³-hybridized carbons (Fsp3) is 0.917. The predicted molar refractivity (Wildman–Crippen MR) is 72.5 cm³/mol. The third kappa shape index (κ3) is 8.57. The molecule has 17 heavy (non-hydrogen) atoms. The number of methoxy groups -OCH3 is 1. The van der Waals surface area contributed by atoms with Gasteiger partial charge in [0.05, 0.1) is 13.2 Å². The lowest BCUT2D eigenvalue weighted by molar-refractivity contribution is -0.127. The van der Waals surface area contributed by atoms with E-state index in [2.05, 4.69) is 42.0 Å². The minimum Gasteiger partial charge on any atom is -0.382 e. The molecule has 0 fully saturated rings. The molecule has 1 unspecified atom stereocenters. The lowest BCUT2D eigenvalue weighted by Crippen LogP contribution is -2.45. The number of halogens is 1. The minimum absolute atomic E-state index is 0.0515. The van der Waals surface area contributed by atoms with Crippen molar-refractivity contribution < 1.29 is 14.3 Å². The fourth-order valence-corrected chi connectivity index (χ4v) is 1.83. The normalized spacial score (nSPS) is 13.5. The molecule has 0 aliphatic carbocycles. The molecule has 102 valence electrons. The summed E-state index contributed by atoms with van der Waals surface area (Å²) in [5.74, 6) is -0.0676. The molecule has 0 aromatic carbocycles. The number of rotatable bonds is 8. The highest BCUT2D eigenvalue weighted by Gasteiger charge is 2.25. The van der Waals surface area contributed by atoms with Gasteiger partial charge in [-0.05, 0) is 11.8 Å². The summed E-state index contributed by atoms with van der Waals surface area (Å²) in [7, 11) is 1.61. The van der Waals surface area contributed by atoms with Crippen LogP contribution in [0.3, 0.4) is 0 Å². The molecule has 0 aromatic rings. The number of carbonyl (C=O) groups is 1. The maximum atomic E-state index is 11.6. The SMILES string of the molecule is COCCOCC(=O)NC(CCBr)C(C)(C)C. The average Bonchev–Trinajstić information content (AvgIpc) is 2.22. The summed E-state index contributed by atoms with van der Waals surface area (Å²) in [5.41, 5.74) is 0.0515. The van der Waals surface area contributed by atoms with E-state index in [0.717, 1.165) is 11.8 Å². The van der Waals surface area contributed by atoms with Crippen LogP contribution in [0.15, 0.2) is 0 Å². The van der Waals surface area contributed by atoms with E-state index < -0.39 is 0 Å². The Hall–Kier alpha value is -0.130. The van der Waals surface area contributed by atoms with Crippen LogP contribution in [0.5, 0.6) is 0 Å². The summed E-state index contributed by atoms with van der Waals surface area (Å²) in [6, 6.07) is 0.153. The molecule has 1 amide bonds. The fourth-order valence-electron chi connectivity index (χ4n) is 1.37. The molecule has 0 spiro atoms. The molecule has 0 saturated heterocycles.